The van der Waals surface area contributed by atoms with E-state index in [1.165, 1.54) is 4.57 Å². The fourth-order valence-electron chi connectivity index (χ4n) is 3.03. The van der Waals surface area contributed by atoms with Crippen molar-refractivity contribution in [3.8, 4) is 5.75 Å². The molecule has 0 saturated carbocycles. The van der Waals surface area contributed by atoms with Gasteiger partial charge in [0.25, 0.3) is 0 Å². The molecular formula is C19H17ClN2O4. The van der Waals surface area contributed by atoms with Gasteiger partial charge in [-0.1, -0.05) is 35.9 Å². The predicted molar refractivity (Wildman–Crippen MR) is 97.5 cm³/mol. The van der Waals surface area contributed by atoms with Gasteiger partial charge in [-0.3, -0.25) is 9.36 Å². The molecule has 134 valence electrons. The summed E-state index contributed by atoms with van der Waals surface area (Å²) >= 11 is 6.07. The summed E-state index contributed by atoms with van der Waals surface area (Å²) in [5, 5.41) is 0.559. The third-order valence-corrected chi connectivity index (χ3v) is 4.77. The average molecular weight is 373 g/mol. The number of likely N-dealkylation sites (tertiary alicyclic amines) is 1. The van der Waals surface area contributed by atoms with Gasteiger partial charge in [0.15, 0.2) is 5.58 Å². The van der Waals surface area contributed by atoms with E-state index >= 15 is 0 Å². The third kappa shape index (κ3) is 3.20. The highest BCUT2D eigenvalue weighted by Crippen LogP contribution is 2.26. The number of fused-ring (bicyclic) bond motifs is 1. The number of halogens is 1. The minimum Gasteiger partial charge on any atom is -0.485 e. The van der Waals surface area contributed by atoms with Gasteiger partial charge in [-0.15, -0.1) is 0 Å². The first-order valence-corrected chi connectivity index (χ1v) is 8.77. The highest BCUT2D eigenvalue weighted by Gasteiger charge is 2.32. The molecule has 1 aliphatic heterocycles. The second-order valence-electron chi connectivity index (χ2n) is 6.21. The summed E-state index contributed by atoms with van der Waals surface area (Å²) in [6.07, 6.45) is 0.179. The molecule has 0 aliphatic carbocycles. The maximum absolute atomic E-state index is 12.3. The summed E-state index contributed by atoms with van der Waals surface area (Å²) in [6, 6.07) is 14.5. The molecule has 26 heavy (non-hydrogen) atoms. The summed E-state index contributed by atoms with van der Waals surface area (Å²) in [5.74, 6) is 0.173. The highest BCUT2D eigenvalue weighted by atomic mass is 35.5. The summed E-state index contributed by atoms with van der Waals surface area (Å²) < 4.78 is 12.5. The summed E-state index contributed by atoms with van der Waals surface area (Å²) in [5.41, 5.74) is 1.23. The summed E-state index contributed by atoms with van der Waals surface area (Å²) in [7, 11) is 0. The Balaban J connectivity index is 1.32. The highest BCUT2D eigenvalue weighted by molar-refractivity contribution is 6.32. The van der Waals surface area contributed by atoms with Gasteiger partial charge < -0.3 is 14.1 Å². The molecule has 0 unspecified atom stereocenters. The Hall–Kier alpha value is -2.73. The molecule has 2 heterocycles. The van der Waals surface area contributed by atoms with Crippen molar-refractivity contribution in [3.63, 3.8) is 0 Å². The monoisotopic (exact) mass is 372 g/mol. The van der Waals surface area contributed by atoms with E-state index in [0.717, 1.165) is 0 Å². The van der Waals surface area contributed by atoms with Crippen molar-refractivity contribution in [2.24, 2.45) is 0 Å². The van der Waals surface area contributed by atoms with E-state index in [4.69, 9.17) is 20.8 Å². The molecule has 4 rings (SSSR count). The molecule has 1 saturated heterocycles. The normalized spacial score (nSPS) is 14.4. The van der Waals surface area contributed by atoms with Gasteiger partial charge in [-0.05, 0) is 24.3 Å². The van der Waals surface area contributed by atoms with E-state index in [0.29, 0.717) is 41.5 Å². The molecule has 1 aromatic heterocycles. The van der Waals surface area contributed by atoms with Gasteiger partial charge in [0.05, 0.1) is 23.6 Å². The van der Waals surface area contributed by atoms with Crippen LogP contribution in [-0.4, -0.2) is 34.6 Å². The van der Waals surface area contributed by atoms with Crippen molar-refractivity contribution >= 4 is 28.6 Å². The van der Waals surface area contributed by atoms with Gasteiger partial charge in [-0.2, -0.15) is 0 Å². The minimum absolute atomic E-state index is 0.0128. The van der Waals surface area contributed by atoms with Crippen molar-refractivity contribution < 1.29 is 13.9 Å². The fourth-order valence-corrected chi connectivity index (χ4v) is 3.21. The lowest BCUT2D eigenvalue weighted by molar-refractivity contribution is -0.140. The van der Waals surface area contributed by atoms with Crippen LogP contribution in [0.1, 0.15) is 6.42 Å². The number of hydrogen-bond donors (Lipinski definition) is 0. The van der Waals surface area contributed by atoms with E-state index < -0.39 is 5.76 Å². The Morgan fingerprint density at radius 1 is 1.15 bits per heavy atom. The smallest absolute Gasteiger partial charge is 0.419 e. The number of carbonyl (C=O) groups excluding carboxylic acids is 1. The Morgan fingerprint density at radius 2 is 1.88 bits per heavy atom. The van der Waals surface area contributed by atoms with Gasteiger partial charge in [-0.25, -0.2) is 4.79 Å². The number of carbonyl (C=O) groups is 1. The molecule has 0 atom stereocenters. The van der Waals surface area contributed by atoms with Gasteiger partial charge in [0.1, 0.15) is 11.9 Å². The van der Waals surface area contributed by atoms with Crippen LogP contribution in [0, 0.1) is 0 Å². The van der Waals surface area contributed by atoms with Gasteiger partial charge in [0, 0.05) is 13.0 Å². The number of benzene rings is 2. The molecule has 0 N–H and O–H groups in total. The second-order valence-corrected chi connectivity index (χ2v) is 6.61. The zero-order valence-corrected chi connectivity index (χ0v) is 14.7. The average Bonchev–Trinajstić information content (AvgIpc) is 2.92. The Kier molecular flexibility index (Phi) is 4.42. The topological polar surface area (TPSA) is 64.7 Å². The van der Waals surface area contributed by atoms with Crippen LogP contribution in [0.15, 0.2) is 57.7 Å². The standard InChI is InChI=1S/C19H17ClN2O4/c20-14-5-1-3-7-16(14)25-13-11-21(12-13)18(23)9-10-22-15-6-2-4-8-17(15)26-19(22)24/h1-8,13H,9-12H2. The van der Waals surface area contributed by atoms with Crippen LogP contribution >= 0.6 is 11.6 Å². The molecule has 6 nitrogen and oxygen atoms in total. The molecule has 0 bridgehead atoms. The predicted octanol–water partition coefficient (Wildman–Crippen LogP) is 2.93. The molecule has 0 radical (unpaired) electrons. The Morgan fingerprint density at radius 3 is 2.69 bits per heavy atom. The van der Waals surface area contributed by atoms with Crippen molar-refractivity contribution in [3.05, 3.63) is 64.1 Å². The first kappa shape index (κ1) is 16.7. The van der Waals surface area contributed by atoms with Crippen LogP contribution in [0.3, 0.4) is 0 Å². The number of para-hydroxylation sites is 3. The number of aromatic nitrogens is 1. The third-order valence-electron chi connectivity index (χ3n) is 4.45. The molecule has 1 aliphatic rings. The van der Waals surface area contributed by atoms with Crippen molar-refractivity contribution in [1.29, 1.82) is 0 Å². The van der Waals surface area contributed by atoms with E-state index in [2.05, 4.69) is 0 Å². The second kappa shape index (κ2) is 6.88. The number of aryl methyl sites for hydroxylation is 1. The zero-order valence-electron chi connectivity index (χ0n) is 13.9. The lowest BCUT2D eigenvalue weighted by Crippen LogP contribution is -2.56. The van der Waals surface area contributed by atoms with Crippen LogP contribution in [0.2, 0.25) is 5.02 Å². The molecule has 2 aromatic carbocycles. The molecule has 7 heteroatoms. The molecule has 1 fully saturated rings. The molecule has 0 spiro atoms. The molecular weight excluding hydrogens is 356 g/mol. The van der Waals surface area contributed by atoms with E-state index in [9.17, 15) is 9.59 Å². The van der Waals surface area contributed by atoms with Gasteiger partial charge in [0.2, 0.25) is 5.91 Å². The van der Waals surface area contributed by atoms with Crippen molar-refractivity contribution in [1.82, 2.24) is 9.47 Å². The van der Waals surface area contributed by atoms with Crippen LogP contribution in [0.5, 0.6) is 5.75 Å². The minimum atomic E-state index is -0.442. The number of oxazole rings is 1. The maximum Gasteiger partial charge on any atom is 0.419 e. The first-order chi connectivity index (χ1) is 12.6. The lowest BCUT2D eigenvalue weighted by atomic mass is 10.1. The molecule has 3 aromatic rings. The maximum atomic E-state index is 12.3. The van der Waals surface area contributed by atoms with Crippen LogP contribution in [-0.2, 0) is 11.3 Å². The SMILES string of the molecule is O=C(CCn1c(=O)oc2ccccc21)N1CC(Oc2ccccc2Cl)C1. The Bertz CT molecular complexity index is 1000. The summed E-state index contributed by atoms with van der Waals surface area (Å²) in [6.45, 7) is 1.33. The quantitative estimate of drug-likeness (QED) is 0.690. The van der Waals surface area contributed by atoms with Gasteiger partial charge >= 0.3 is 5.76 Å². The molecule has 1 amide bonds. The van der Waals surface area contributed by atoms with Crippen molar-refractivity contribution in [2.75, 3.05) is 13.1 Å². The lowest BCUT2D eigenvalue weighted by Gasteiger charge is -2.39. The largest absolute Gasteiger partial charge is 0.485 e. The van der Waals surface area contributed by atoms with E-state index in [1.54, 1.807) is 23.1 Å². The van der Waals surface area contributed by atoms with Crippen molar-refractivity contribution in [2.45, 2.75) is 19.1 Å². The first-order valence-electron chi connectivity index (χ1n) is 8.39. The van der Waals surface area contributed by atoms with Crippen LogP contribution in [0.25, 0.3) is 11.1 Å². The summed E-state index contributed by atoms with van der Waals surface area (Å²) in [4.78, 5) is 26.0. The zero-order chi connectivity index (χ0) is 18.1. The number of nitrogens with zero attached hydrogens (tertiary/aromatic N) is 2. The van der Waals surface area contributed by atoms with Crippen LogP contribution < -0.4 is 10.5 Å². The number of hydrogen-bond acceptors (Lipinski definition) is 4. The Labute approximate surface area is 154 Å². The van der Waals surface area contributed by atoms with Crippen LogP contribution in [0.4, 0.5) is 0 Å². The number of ether oxygens (including phenoxy) is 1. The van der Waals surface area contributed by atoms with E-state index in [-0.39, 0.29) is 18.4 Å². The number of rotatable bonds is 5. The van der Waals surface area contributed by atoms with E-state index in [1.807, 2.05) is 30.3 Å². The fraction of sp³-hybridized carbons (Fsp3) is 0.263. The number of amides is 1.